The highest BCUT2D eigenvalue weighted by molar-refractivity contribution is 7.17. The van der Waals surface area contributed by atoms with Gasteiger partial charge in [0.2, 0.25) is 0 Å². The summed E-state index contributed by atoms with van der Waals surface area (Å²) in [6.45, 7) is 6.30. The van der Waals surface area contributed by atoms with Crippen LogP contribution in [0.4, 0.5) is 13.8 Å². The van der Waals surface area contributed by atoms with Gasteiger partial charge in [-0.15, -0.1) is 11.3 Å². The van der Waals surface area contributed by atoms with Gasteiger partial charge in [-0.1, -0.05) is 13.8 Å². The number of nitrogens with zero attached hydrogens (tertiary/aromatic N) is 1. The number of esters is 1. The number of rotatable bonds is 3. The average molecular weight is 454 g/mol. The van der Waals surface area contributed by atoms with Gasteiger partial charge in [-0.2, -0.15) is 0 Å². The van der Waals surface area contributed by atoms with Crippen LogP contribution in [-0.4, -0.2) is 47.3 Å². The molecule has 3 fully saturated rings. The zero-order valence-electron chi connectivity index (χ0n) is 17.8. The van der Waals surface area contributed by atoms with E-state index in [0.717, 1.165) is 9.78 Å². The Morgan fingerprint density at radius 1 is 1.19 bits per heavy atom. The Morgan fingerprint density at radius 3 is 2.42 bits per heavy atom. The van der Waals surface area contributed by atoms with Gasteiger partial charge in [0.25, 0.3) is 17.7 Å². The third-order valence-electron chi connectivity index (χ3n) is 7.92. The Hall–Kier alpha value is -2.07. The van der Waals surface area contributed by atoms with Crippen LogP contribution in [0.1, 0.15) is 67.4 Å². The number of likely N-dealkylation sites (tertiary alicyclic amines) is 1. The fraction of sp³-hybridized carbons (Fsp3) is 0.667. The zero-order chi connectivity index (χ0) is 22.6. The molecule has 10 heteroatoms. The summed E-state index contributed by atoms with van der Waals surface area (Å²) in [6.07, 6.45) is 0.541. The highest BCUT2D eigenvalue weighted by Gasteiger charge is 2.75. The molecule has 0 radical (unpaired) electrons. The summed E-state index contributed by atoms with van der Waals surface area (Å²) in [5, 5.41) is 3.13. The summed E-state index contributed by atoms with van der Waals surface area (Å²) in [5.41, 5.74) is -1.99. The van der Waals surface area contributed by atoms with Gasteiger partial charge in [0, 0.05) is 15.9 Å². The van der Waals surface area contributed by atoms with E-state index in [4.69, 9.17) is 9.47 Å². The molecule has 3 aliphatic heterocycles. The molecular weight excluding hydrogens is 430 g/mol. The molecule has 4 aliphatic rings. The van der Waals surface area contributed by atoms with E-state index in [0.29, 0.717) is 23.4 Å². The fourth-order valence-corrected chi connectivity index (χ4v) is 6.57. The maximum absolute atomic E-state index is 13.5. The molecule has 1 saturated carbocycles. The minimum absolute atomic E-state index is 0.202. The number of amides is 2. The summed E-state index contributed by atoms with van der Waals surface area (Å²) >= 11 is 1.21. The number of carbonyl (C=O) groups excluding carboxylic acids is 3. The van der Waals surface area contributed by atoms with Gasteiger partial charge in [0.05, 0.1) is 36.8 Å². The molecule has 1 aliphatic carbocycles. The molecule has 5 rings (SSSR count). The molecule has 1 N–H and O–H groups in total. The monoisotopic (exact) mass is 454 g/mol. The molecule has 3 atom stereocenters. The summed E-state index contributed by atoms with van der Waals surface area (Å²) in [5.74, 6) is -4.32. The summed E-state index contributed by atoms with van der Waals surface area (Å²) < 4.78 is 38.0. The number of alkyl halides is 2. The quantitative estimate of drug-likeness (QED) is 0.707. The van der Waals surface area contributed by atoms with Crippen molar-refractivity contribution in [2.24, 2.45) is 10.8 Å². The van der Waals surface area contributed by atoms with Gasteiger partial charge >= 0.3 is 5.97 Å². The molecule has 0 spiro atoms. The van der Waals surface area contributed by atoms with Crippen molar-refractivity contribution in [3.63, 3.8) is 0 Å². The fourth-order valence-electron chi connectivity index (χ4n) is 5.38. The van der Waals surface area contributed by atoms with Crippen LogP contribution in [0, 0.1) is 10.8 Å². The van der Waals surface area contributed by atoms with Gasteiger partial charge in [-0.25, -0.2) is 8.78 Å². The Kier molecular flexibility index (Phi) is 4.05. The average Bonchev–Trinajstić information content (AvgIpc) is 3.29. The Balaban J connectivity index is 1.50. The molecule has 1 aromatic rings. The molecule has 0 aromatic carbocycles. The number of carbonyl (C=O) groups is 3. The van der Waals surface area contributed by atoms with Crippen molar-refractivity contribution in [2.45, 2.75) is 64.8 Å². The zero-order valence-corrected chi connectivity index (χ0v) is 18.6. The number of hydrogen-bond acceptors (Lipinski definition) is 6. The Bertz CT molecular complexity index is 1030. The van der Waals surface area contributed by atoms with Crippen molar-refractivity contribution in [1.29, 1.82) is 0 Å². The molecular formula is C21H24F2N2O5S. The Morgan fingerprint density at radius 2 is 1.87 bits per heavy atom. The van der Waals surface area contributed by atoms with Crippen LogP contribution in [0.2, 0.25) is 0 Å². The molecule has 168 valence electrons. The third-order valence-corrected chi connectivity index (χ3v) is 9.01. The highest BCUT2D eigenvalue weighted by atomic mass is 32.1. The molecule has 4 heterocycles. The summed E-state index contributed by atoms with van der Waals surface area (Å²) in [7, 11) is 0. The van der Waals surface area contributed by atoms with E-state index in [1.807, 2.05) is 20.8 Å². The normalized spacial score (nSPS) is 34.3. The standard InChI is InChI=1S/C21H24F2N2O5S/c1-10-12-11(7-29-10)31-14(13(12)15(26)25-8-20(22,23)9-25)24-16(27)21-6-5-19(4,17(28)30-21)18(21,2)3/h10H,5-9H2,1-4H3,(H,24,27)/t10?,19-,21-/m1/s1. The van der Waals surface area contributed by atoms with Crippen LogP contribution in [0.3, 0.4) is 0 Å². The number of anilines is 1. The van der Waals surface area contributed by atoms with Crippen LogP contribution in [0.15, 0.2) is 0 Å². The minimum atomic E-state index is -2.89. The highest BCUT2D eigenvalue weighted by Crippen LogP contribution is 2.65. The number of ether oxygens (including phenoxy) is 2. The van der Waals surface area contributed by atoms with E-state index in [9.17, 15) is 23.2 Å². The van der Waals surface area contributed by atoms with E-state index in [1.54, 1.807) is 6.92 Å². The topological polar surface area (TPSA) is 84.9 Å². The van der Waals surface area contributed by atoms with Crippen molar-refractivity contribution in [3.05, 3.63) is 16.0 Å². The first kappa shape index (κ1) is 20.8. The predicted octanol–water partition coefficient (Wildman–Crippen LogP) is 3.49. The minimum Gasteiger partial charge on any atom is -0.448 e. The maximum Gasteiger partial charge on any atom is 0.313 e. The van der Waals surface area contributed by atoms with Crippen LogP contribution >= 0.6 is 11.3 Å². The first-order valence-corrected chi connectivity index (χ1v) is 11.1. The molecule has 2 amide bonds. The smallest absolute Gasteiger partial charge is 0.313 e. The molecule has 2 saturated heterocycles. The van der Waals surface area contributed by atoms with Gasteiger partial charge in [0.15, 0.2) is 5.60 Å². The first-order valence-electron chi connectivity index (χ1n) is 10.3. The van der Waals surface area contributed by atoms with E-state index >= 15 is 0 Å². The van der Waals surface area contributed by atoms with Gasteiger partial charge in [-0.3, -0.25) is 14.4 Å². The van der Waals surface area contributed by atoms with Crippen LogP contribution in [-0.2, 0) is 25.7 Å². The number of thiophene rings is 1. The van der Waals surface area contributed by atoms with E-state index in [1.165, 1.54) is 11.3 Å². The van der Waals surface area contributed by atoms with Crippen LogP contribution in [0.25, 0.3) is 0 Å². The van der Waals surface area contributed by atoms with Gasteiger partial charge in [0.1, 0.15) is 5.00 Å². The van der Waals surface area contributed by atoms with Gasteiger partial charge in [-0.05, 0) is 26.7 Å². The molecule has 2 bridgehead atoms. The van der Waals surface area contributed by atoms with Gasteiger partial charge < -0.3 is 19.7 Å². The van der Waals surface area contributed by atoms with Crippen molar-refractivity contribution >= 4 is 34.1 Å². The second-order valence-corrected chi connectivity index (χ2v) is 10.8. The number of nitrogens with one attached hydrogen (secondary N) is 1. The lowest BCUT2D eigenvalue weighted by Gasteiger charge is -2.39. The van der Waals surface area contributed by atoms with E-state index < -0.39 is 53.2 Å². The second-order valence-electron chi connectivity index (χ2n) is 9.74. The molecule has 1 unspecified atom stereocenters. The Labute approximate surface area is 182 Å². The largest absolute Gasteiger partial charge is 0.448 e. The number of fused-ring (bicyclic) bond motifs is 3. The third kappa shape index (κ3) is 2.49. The van der Waals surface area contributed by atoms with E-state index in [-0.39, 0.29) is 18.3 Å². The van der Waals surface area contributed by atoms with Crippen molar-refractivity contribution in [2.75, 3.05) is 18.4 Å². The lowest BCUT2D eigenvalue weighted by atomic mass is 9.66. The van der Waals surface area contributed by atoms with Crippen LogP contribution < -0.4 is 5.32 Å². The van der Waals surface area contributed by atoms with Crippen LogP contribution in [0.5, 0.6) is 0 Å². The number of hydrogen-bond donors (Lipinski definition) is 1. The molecule has 1 aromatic heterocycles. The van der Waals surface area contributed by atoms with Crippen molar-refractivity contribution < 1.29 is 32.6 Å². The summed E-state index contributed by atoms with van der Waals surface area (Å²) in [4.78, 5) is 41.0. The molecule has 31 heavy (non-hydrogen) atoms. The predicted molar refractivity (Wildman–Crippen MR) is 107 cm³/mol. The molecule has 7 nitrogen and oxygen atoms in total. The SMILES string of the molecule is CC1OCc2sc(NC(=O)[C@@]34CC[C@](C)(C(=O)O3)C4(C)C)c(C(=O)N3CC(F)(F)C3)c21. The van der Waals surface area contributed by atoms with E-state index in [2.05, 4.69) is 5.32 Å². The first-order chi connectivity index (χ1) is 14.3. The maximum atomic E-state index is 13.5. The summed E-state index contributed by atoms with van der Waals surface area (Å²) in [6, 6.07) is 0. The number of halogens is 2. The lowest BCUT2D eigenvalue weighted by molar-refractivity contribution is -0.165. The van der Waals surface area contributed by atoms with Crippen molar-refractivity contribution in [3.8, 4) is 0 Å². The lowest BCUT2D eigenvalue weighted by Crippen LogP contribution is -2.58. The van der Waals surface area contributed by atoms with Crippen molar-refractivity contribution in [1.82, 2.24) is 4.90 Å². The second kappa shape index (κ2) is 6.04.